The summed E-state index contributed by atoms with van der Waals surface area (Å²) in [7, 11) is 0. The van der Waals surface area contributed by atoms with Gasteiger partial charge < -0.3 is 15.5 Å². The Kier molecular flexibility index (Phi) is 4.50. The van der Waals surface area contributed by atoms with Gasteiger partial charge in [-0.2, -0.15) is 0 Å². The summed E-state index contributed by atoms with van der Waals surface area (Å²) in [6, 6.07) is 1.95. The van der Waals surface area contributed by atoms with Crippen molar-refractivity contribution in [3.05, 3.63) is 16.1 Å². The van der Waals surface area contributed by atoms with E-state index in [1.807, 2.05) is 6.92 Å². The van der Waals surface area contributed by atoms with Gasteiger partial charge in [-0.05, 0) is 25.8 Å². The van der Waals surface area contributed by atoms with Crippen LogP contribution >= 0.6 is 23.2 Å². The molecule has 2 rings (SSSR count). The molecule has 7 heteroatoms. The molecule has 1 saturated carbocycles. The molecular formula is C11H16Cl2N4O. The van der Waals surface area contributed by atoms with E-state index in [2.05, 4.69) is 15.7 Å². The number of nitrogens with one attached hydrogen (secondary N) is 2. The first-order valence-electron chi connectivity index (χ1n) is 5.84. The van der Waals surface area contributed by atoms with Gasteiger partial charge in [0.15, 0.2) is 5.82 Å². The van der Waals surface area contributed by atoms with Gasteiger partial charge in [0.05, 0.1) is 16.1 Å². The first-order valence-corrected chi connectivity index (χ1v) is 6.60. The minimum absolute atomic E-state index is 0.332. The van der Waals surface area contributed by atoms with Gasteiger partial charge in [-0.3, -0.25) is 0 Å². The van der Waals surface area contributed by atoms with Gasteiger partial charge in [0.25, 0.3) is 0 Å². The van der Waals surface area contributed by atoms with Crippen LogP contribution < -0.4 is 16.6 Å². The number of aromatic nitrogens is 1. The molecule has 0 unspecified atom stereocenters. The average molecular weight is 291 g/mol. The van der Waals surface area contributed by atoms with E-state index in [1.165, 1.54) is 0 Å². The Labute approximate surface area is 116 Å². The van der Waals surface area contributed by atoms with Gasteiger partial charge in [0.1, 0.15) is 5.82 Å². The van der Waals surface area contributed by atoms with E-state index in [0.717, 1.165) is 19.4 Å². The third-order valence-corrected chi connectivity index (χ3v) is 3.48. The summed E-state index contributed by atoms with van der Waals surface area (Å²) < 4.78 is 5.49. The highest BCUT2D eigenvalue weighted by atomic mass is 35.5. The zero-order valence-corrected chi connectivity index (χ0v) is 11.6. The highest BCUT2D eigenvalue weighted by molar-refractivity contribution is 6.37. The second-order valence-corrected chi connectivity index (χ2v) is 5.00. The highest BCUT2D eigenvalue weighted by Crippen LogP contribution is 2.32. The van der Waals surface area contributed by atoms with Crippen molar-refractivity contribution in [1.82, 2.24) is 4.98 Å². The zero-order chi connectivity index (χ0) is 13.1. The molecule has 1 aliphatic rings. The predicted molar refractivity (Wildman–Crippen MR) is 74.1 cm³/mol. The number of rotatable bonds is 5. The molecule has 0 saturated heterocycles. The van der Waals surface area contributed by atoms with E-state index in [1.54, 1.807) is 6.07 Å². The Morgan fingerprint density at radius 3 is 2.67 bits per heavy atom. The quantitative estimate of drug-likeness (QED) is 0.574. The average Bonchev–Trinajstić information content (AvgIpc) is 2.29. The van der Waals surface area contributed by atoms with E-state index in [0.29, 0.717) is 33.8 Å². The summed E-state index contributed by atoms with van der Waals surface area (Å²) in [4.78, 5) is 4.23. The van der Waals surface area contributed by atoms with Crippen molar-refractivity contribution in [2.75, 3.05) is 17.3 Å². The van der Waals surface area contributed by atoms with Gasteiger partial charge in [-0.1, -0.05) is 23.2 Å². The number of nitrogen functional groups attached to an aromatic ring is 1. The van der Waals surface area contributed by atoms with Crippen molar-refractivity contribution >= 4 is 34.8 Å². The first-order chi connectivity index (χ1) is 8.63. The molecule has 18 heavy (non-hydrogen) atoms. The van der Waals surface area contributed by atoms with Crippen LogP contribution in [0.3, 0.4) is 0 Å². The Hall–Kier alpha value is -0.750. The van der Waals surface area contributed by atoms with E-state index in [4.69, 9.17) is 33.8 Å². The number of hydrazine groups is 1. The second kappa shape index (κ2) is 5.93. The van der Waals surface area contributed by atoms with Crippen molar-refractivity contribution in [3.63, 3.8) is 0 Å². The molecule has 1 heterocycles. The molecule has 0 amide bonds. The van der Waals surface area contributed by atoms with Crippen molar-refractivity contribution < 1.29 is 4.74 Å². The maximum atomic E-state index is 6.07. The molecule has 4 N–H and O–H groups in total. The molecule has 1 aromatic heterocycles. The predicted octanol–water partition coefficient (Wildman–Crippen LogP) is 2.65. The lowest BCUT2D eigenvalue weighted by Crippen LogP contribution is -2.41. The topological polar surface area (TPSA) is 72.2 Å². The van der Waals surface area contributed by atoms with Crippen LogP contribution in [0, 0.1) is 0 Å². The normalized spacial score (nSPS) is 22.4. The van der Waals surface area contributed by atoms with Crippen LogP contribution in [0.5, 0.6) is 0 Å². The lowest BCUT2D eigenvalue weighted by Gasteiger charge is -2.35. The van der Waals surface area contributed by atoms with E-state index in [-0.39, 0.29) is 0 Å². The number of hydrogen-bond acceptors (Lipinski definition) is 5. The Balaban J connectivity index is 1.98. The molecule has 0 bridgehead atoms. The lowest BCUT2D eigenvalue weighted by molar-refractivity contribution is 0.00293. The molecule has 0 aromatic carbocycles. The van der Waals surface area contributed by atoms with E-state index < -0.39 is 0 Å². The van der Waals surface area contributed by atoms with Gasteiger partial charge in [0, 0.05) is 12.6 Å². The third kappa shape index (κ3) is 2.98. The molecule has 0 radical (unpaired) electrons. The standard InChI is InChI=1S/C11H16Cl2N4O/c1-2-18-7-3-6(4-7)15-10-8(12)5-9(13)11(16-10)17-14/h5-7H,2-4,14H2,1H3,(H2,15,16,17). The summed E-state index contributed by atoms with van der Waals surface area (Å²) in [6.45, 7) is 2.75. The third-order valence-electron chi connectivity index (χ3n) is 2.90. The van der Waals surface area contributed by atoms with Crippen LogP contribution in [0.25, 0.3) is 0 Å². The molecule has 5 nitrogen and oxygen atoms in total. The van der Waals surface area contributed by atoms with Crippen LogP contribution in [0.2, 0.25) is 10.0 Å². The Morgan fingerprint density at radius 1 is 1.39 bits per heavy atom. The summed E-state index contributed by atoms with van der Waals surface area (Å²) in [5.74, 6) is 6.32. The Bertz CT molecular complexity index is 424. The largest absolute Gasteiger partial charge is 0.378 e. The molecule has 1 fully saturated rings. The smallest absolute Gasteiger partial charge is 0.161 e. The van der Waals surface area contributed by atoms with Gasteiger partial charge in [0.2, 0.25) is 0 Å². The highest BCUT2D eigenvalue weighted by Gasteiger charge is 2.30. The van der Waals surface area contributed by atoms with Crippen molar-refractivity contribution in [1.29, 1.82) is 0 Å². The fourth-order valence-electron chi connectivity index (χ4n) is 1.92. The molecular weight excluding hydrogens is 275 g/mol. The molecule has 0 spiro atoms. The van der Waals surface area contributed by atoms with Gasteiger partial charge in [-0.15, -0.1) is 0 Å². The number of anilines is 2. The minimum atomic E-state index is 0.332. The number of pyridine rings is 1. The van der Waals surface area contributed by atoms with Gasteiger partial charge >= 0.3 is 0 Å². The van der Waals surface area contributed by atoms with Crippen LogP contribution in [0.1, 0.15) is 19.8 Å². The summed E-state index contributed by atoms with van der Waals surface area (Å²) in [5, 5.41) is 4.14. The fraction of sp³-hybridized carbons (Fsp3) is 0.545. The zero-order valence-electron chi connectivity index (χ0n) is 10.0. The maximum absolute atomic E-state index is 6.07. The SMILES string of the molecule is CCOC1CC(Nc2nc(NN)c(Cl)cc2Cl)C1. The van der Waals surface area contributed by atoms with Crippen LogP contribution in [-0.2, 0) is 4.74 Å². The summed E-state index contributed by atoms with van der Waals surface area (Å²) >= 11 is 12.0. The van der Waals surface area contributed by atoms with Gasteiger partial charge in [-0.25, -0.2) is 10.8 Å². The Morgan fingerprint density at radius 2 is 2.06 bits per heavy atom. The molecule has 1 aromatic rings. The fourth-order valence-corrected chi connectivity index (χ4v) is 2.39. The number of nitrogens with zero attached hydrogens (tertiary/aromatic N) is 1. The second-order valence-electron chi connectivity index (χ2n) is 4.18. The van der Waals surface area contributed by atoms with Crippen LogP contribution in [-0.4, -0.2) is 23.7 Å². The molecule has 0 aliphatic heterocycles. The van der Waals surface area contributed by atoms with Crippen molar-refractivity contribution in [3.8, 4) is 0 Å². The van der Waals surface area contributed by atoms with Crippen LogP contribution in [0.15, 0.2) is 6.07 Å². The monoisotopic (exact) mass is 290 g/mol. The van der Waals surface area contributed by atoms with Crippen molar-refractivity contribution in [2.45, 2.75) is 31.9 Å². The lowest BCUT2D eigenvalue weighted by atomic mass is 9.89. The summed E-state index contributed by atoms with van der Waals surface area (Å²) in [5.41, 5.74) is 2.43. The molecule has 1 aliphatic carbocycles. The van der Waals surface area contributed by atoms with Crippen LogP contribution in [0.4, 0.5) is 11.6 Å². The van der Waals surface area contributed by atoms with E-state index >= 15 is 0 Å². The van der Waals surface area contributed by atoms with E-state index in [9.17, 15) is 0 Å². The molecule has 100 valence electrons. The van der Waals surface area contributed by atoms with Crippen molar-refractivity contribution in [2.24, 2.45) is 5.84 Å². The number of halogens is 2. The minimum Gasteiger partial charge on any atom is -0.378 e. The summed E-state index contributed by atoms with van der Waals surface area (Å²) in [6.07, 6.45) is 2.25. The number of ether oxygens (including phenoxy) is 1. The number of nitrogens with two attached hydrogens (primary N) is 1. The maximum Gasteiger partial charge on any atom is 0.161 e. The molecule has 0 atom stereocenters. The number of hydrogen-bond donors (Lipinski definition) is 3. The first kappa shape index (κ1) is 13.7.